The van der Waals surface area contributed by atoms with E-state index in [0.717, 1.165) is 3.49 Å². The summed E-state index contributed by atoms with van der Waals surface area (Å²) in [6.07, 6.45) is 2.54. The normalized spacial score (nSPS) is 11.3. The summed E-state index contributed by atoms with van der Waals surface area (Å²) in [6, 6.07) is 45.5. The van der Waals surface area contributed by atoms with E-state index in [1.807, 2.05) is 0 Å². The number of hydrogen-bond acceptors (Lipinski definition) is 0. The van der Waals surface area contributed by atoms with Crippen molar-refractivity contribution in [2.45, 2.75) is 23.3 Å². The zero-order valence-electron chi connectivity index (χ0n) is 17.4. The molecule has 4 aromatic carbocycles. The summed E-state index contributed by atoms with van der Waals surface area (Å²) < 4.78 is 7.09. The van der Waals surface area contributed by atoms with Gasteiger partial charge in [-0.1, -0.05) is 0 Å². The molecule has 0 aliphatic carbocycles. The maximum atomic E-state index is 2.39. The molecule has 30 heavy (non-hydrogen) atoms. The van der Waals surface area contributed by atoms with Crippen molar-refractivity contribution in [2.75, 3.05) is 0 Å². The average Bonchev–Trinajstić information content (AvgIpc) is 2.82. The topological polar surface area (TPSA) is 0 Å². The predicted molar refractivity (Wildman–Crippen MR) is 134 cm³/mol. The molecule has 0 atom stereocenters. The van der Waals surface area contributed by atoms with Crippen LogP contribution in [0, 0.1) is 0 Å². The Labute approximate surface area is 190 Å². The monoisotopic (exact) mass is 514 g/mol. The van der Waals surface area contributed by atoms with Crippen molar-refractivity contribution in [2.24, 2.45) is 0 Å². The van der Waals surface area contributed by atoms with Crippen molar-refractivity contribution in [3.63, 3.8) is 0 Å². The van der Waals surface area contributed by atoms with E-state index >= 15 is 0 Å². The van der Waals surface area contributed by atoms with Crippen LogP contribution in [0.4, 0.5) is 0 Å². The van der Waals surface area contributed by atoms with Crippen LogP contribution in [-0.2, 0) is 0 Å². The van der Waals surface area contributed by atoms with Crippen LogP contribution in [-0.4, -0.2) is 29.3 Å². The van der Waals surface area contributed by atoms with Crippen molar-refractivity contribution >= 4 is 46.7 Å². The second-order valence-electron chi connectivity index (χ2n) is 7.35. The van der Waals surface area contributed by atoms with Gasteiger partial charge in [-0.25, -0.2) is 0 Å². The molecule has 0 heterocycles. The molecule has 0 radical (unpaired) electrons. The van der Waals surface area contributed by atoms with E-state index in [2.05, 4.69) is 128 Å². The fraction of sp³-hybridized carbons (Fsp3) is 0.143. The molecular formula is C28H28As2. The molecule has 0 spiro atoms. The third-order valence-corrected chi connectivity index (χ3v) is 21.1. The Morgan fingerprint density at radius 3 is 0.967 bits per heavy atom. The van der Waals surface area contributed by atoms with Gasteiger partial charge >= 0.3 is 191 Å². The molecular weight excluding hydrogens is 486 g/mol. The van der Waals surface area contributed by atoms with Crippen LogP contribution < -0.4 is 17.4 Å². The molecule has 0 N–H and O–H groups in total. The Morgan fingerprint density at radius 1 is 0.467 bits per heavy atom. The number of rotatable bonds is 8. The standard InChI is InChI=1S/C28H28As2/c1-2-15-28(29(24-16-7-3-8-17-24)25-18-9-4-10-19-25)30(26-20-11-5-12-21-26)27-22-13-6-14-23-27/h3-14,16-23,28H,2,15H2,1H3. The van der Waals surface area contributed by atoms with Gasteiger partial charge in [0, 0.05) is 0 Å². The first kappa shape index (κ1) is 21.2. The second kappa shape index (κ2) is 10.9. The summed E-state index contributed by atoms with van der Waals surface area (Å²) in [7, 11) is 0. The predicted octanol–water partition coefficient (Wildman–Crippen LogP) is 4.31. The van der Waals surface area contributed by atoms with Crippen LogP contribution in [0.2, 0.25) is 3.49 Å². The van der Waals surface area contributed by atoms with Gasteiger partial charge in [0.05, 0.1) is 0 Å². The molecule has 0 unspecified atom stereocenters. The van der Waals surface area contributed by atoms with Gasteiger partial charge in [-0.2, -0.15) is 0 Å². The van der Waals surface area contributed by atoms with E-state index in [1.165, 1.54) is 12.8 Å². The van der Waals surface area contributed by atoms with E-state index in [9.17, 15) is 0 Å². The van der Waals surface area contributed by atoms with Gasteiger partial charge in [-0.05, 0) is 0 Å². The Kier molecular flexibility index (Phi) is 7.68. The zero-order valence-corrected chi connectivity index (χ0v) is 21.2. The molecule has 4 rings (SSSR count). The molecule has 0 aliphatic heterocycles. The van der Waals surface area contributed by atoms with Gasteiger partial charge in [-0.15, -0.1) is 0 Å². The summed E-state index contributed by atoms with van der Waals surface area (Å²) in [5, 5.41) is 0. The Balaban J connectivity index is 1.89. The molecule has 0 saturated heterocycles. The van der Waals surface area contributed by atoms with E-state index in [0.29, 0.717) is 0 Å². The number of benzene rings is 4. The summed E-state index contributed by atoms with van der Waals surface area (Å²) >= 11 is -3.01. The first-order valence-electron chi connectivity index (χ1n) is 10.7. The van der Waals surface area contributed by atoms with E-state index in [1.54, 1.807) is 17.4 Å². The van der Waals surface area contributed by atoms with E-state index in [-0.39, 0.29) is 0 Å². The first-order chi connectivity index (χ1) is 14.9. The third-order valence-electron chi connectivity index (χ3n) is 5.28. The third kappa shape index (κ3) is 5.00. The molecule has 0 fully saturated rings. The van der Waals surface area contributed by atoms with Gasteiger partial charge in [0.15, 0.2) is 0 Å². The summed E-state index contributed by atoms with van der Waals surface area (Å²) in [6.45, 7) is 2.36. The molecule has 0 saturated carbocycles. The Hall–Kier alpha value is -2.00. The van der Waals surface area contributed by atoms with E-state index < -0.39 is 29.3 Å². The molecule has 0 aliphatic rings. The minimum absolute atomic E-state index is 0.754. The molecule has 2 heteroatoms. The quantitative estimate of drug-likeness (QED) is 0.308. The van der Waals surface area contributed by atoms with Crippen molar-refractivity contribution in [1.82, 2.24) is 0 Å². The molecule has 0 nitrogen and oxygen atoms in total. The summed E-state index contributed by atoms with van der Waals surface area (Å²) in [4.78, 5) is 0. The molecule has 0 bridgehead atoms. The second-order valence-corrected chi connectivity index (χ2v) is 19.3. The first-order valence-corrected chi connectivity index (χ1v) is 16.6. The average molecular weight is 514 g/mol. The zero-order chi connectivity index (χ0) is 20.6. The van der Waals surface area contributed by atoms with Gasteiger partial charge in [-0.3, -0.25) is 0 Å². The number of hydrogen-bond donors (Lipinski definition) is 0. The molecule has 150 valence electrons. The molecule has 0 aromatic heterocycles. The minimum atomic E-state index is -1.51. The van der Waals surface area contributed by atoms with Gasteiger partial charge in [0.25, 0.3) is 0 Å². The SMILES string of the molecule is CCCC([As](c1ccccc1)c1ccccc1)[As](c1ccccc1)c1ccccc1. The van der Waals surface area contributed by atoms with Gasteiger partial charge < -0.3 is 0 Å². The Morgan fingerprint density at radius 2 is 0.733 bits per heavy atom. The van der Waals surface area contributed by atoms with Crippen LogP contribution in [0.1, 0.15) is 19.8 Å². The summed E-state index contributed by atoms with van der Waals surface area (Å²) in [5.74, 6) is 0. The molecule has 0 amide bonds. The van der Waals surface area contributed by atoms with Crippen LogP contribution >= 0.6 is 0 Å². The van der Waals surface area contributed by atoms with Crippen molar-refractivity contribution < 1.29 is 0 Å². The summed E-state index contributed by atoms with van der Waals surface area (Å²) in [5.41, 5.74) is 0. The van der Waals surface area contributed by atoms with Crippen molar-refractivity contribution in [3.05, 3.63) is 121 Å². The fourth-order valence-corrected chi connectivity index (χ4v) is 23.2. The van der Waals surface area contributed by atoms with Crippen LogP contribution in [0.3, 0.4) is 0 Å². The van der Waals surface area contributed by atoms with Crippen LogP contribution in [0.15, 0.2) is 121 Å². The Bertz CT molecular complexity index is 839. The van der Waals surface area contributed by atoms with Crippen LogP contribution in [0.25, 0.3) is 0 Å². The maximum absolute atomic E-state index is 2.39. The van der Waals surface area contributed by atoms with Crippen LogP contribution in [0.5, 0.6) is 0 Å². The van der Waals surface area contributed by atoms with Crippen molar-refractivity contribution in [1.29, 1.82) is 0 Å². The molecule has 4 aromatic rings. The van der Waals surface area contributed by atoms with Gasteiger partial charge in [0.2, 0.25) is 0 Å². The fourth-order valence-electron chi connectivity index (χ4n) is 3.97. The van der Waals surface area contributed by atoms with Gasteiger partial charge in [0.1, 0.15) is 0 Å². The van der Waals surface area contributed by atoms with Crippen molar-refractivity contribution in [3.8, 4) is 0 Å². The van der Waals surface area contributed by atoms with E-state index in [4.69, 9.17) is 0 Å².